The number of cyclic esters (lactones) is 2. The van der Waals surface area contributed by atoms with E-state index in [1.165, 1.54) is 0 Å². The van der Waals surface area contributed by atoms with Crippen LogP contribution in [0.2, 0.25) is 0 Å². The van der Waals surface area contributed by atoms with Gasteiger partial charge in [0.15, 0.2) is 0 Å². The Balaban J connectivity index is 0.000000671. The largest absolute Gasteiger partial charge is 0.508 e. The third-order valence-electron chi connectivity index (χ3n) is 1.49. The van der Waals surface area contributed by atoms with Crippen LogP contribution in [-0.2, 0) is 14.3 Å². The van der Waals surface area contributed by atoms with Gasteiger partial charge in [0.1, 0.15) is 18.6 Å². The molecule has 1 aliphatic rings. The van der Waals surface area contributed by atoms with Crippen molar-refractivity contribution in [3.8, 4) is 0 Å². The predicted molar refractivity (Wildman–Crippen MR) is 47.6 cm³/mol. The van der Waals surface area contributed by atoms with Crippen molar-refractivity contribution in [2.24, 2.45) is 5.41 Å². The Morgan fingerprint density at radius 1 is 1.38 bits per heavy atom. The van der Waals surface area contributed by atoms with Crippen LogP contribution in [0.3, 0.4) is 0 Å². The van der Waals surface area contributed by atoms with Crippen molar-refractivity contribution in [3.05, 3.63) is 0 Å². The molecule has 13 heavy (non-hydrogen) atoms. The number of carbonyl (C=O) groups excluding carboxylic acids is 2. The third kappa shape index (κ3) is 3.22. The third-order valence-corrected chi connectivity index (χ3v) is 1.95. The van der Waals surface area contributed by atoms with Gasteiger partial charge in [-0.2, -0.15) is 0 Å². The molecule has 0 atom stereocenters. The molecule has 0 aliphatic carbocycles. The summed E-state index contributed by atoms with van der Waals surface area (Å²) in [6.07, 6.45) is -0.750. The molecule has 0 radical (unpaired) electrons. The molecular formula is C8H13ClO4. The minimum absolute atomic E-state index is 0.00579. The highest BCUT2D eigenvalue weighted by molar-refractivity contribution is 6.64. The normalized spacial score (nSPS) is 18.9. The molecule has 0 amide bonds. The second-order valence-corrected chi connectivity index (χ2v) is 3.01. The molecule has 5 heteroatoms. The van der Waals surface area contributed by atoms with E-state index >= 15 is 0 Å². The first-order chi connectivity index (χ1) is 6.04. The van der Waals surface area contributed by atoms with Gasteiger partial charge in [-0.15, -0.1) is 0 Å². The van der Waals surface area contributed by atoms with E-state index in [4.69, 9.17) is 11.6 Å². The highest BCUT2D eigenvalue weighted by Crippen LogP contribution is 2.24. The van der Waals surface area contributed by atoms with Crippen LogP contribution in [0.1, 0.15) is 20.8 Å². The first-order valence-corrected chi connectivity index (χ1v) is 4.42. The summed E-state index contributed by atoms with van der Waals surface area (Å²) in [5.74, 6) is 0. The molecule has 0 aromatic rings. The number of hydrogen-bond acceptors (Lipinski definition) is 4. The van der Waals surface area contributed by atoms with E-state index in [0.717, 1.165) is 0 Å². The molecule has 1 fully saturated rings. The molecule has 0 aromatic heterocycles. The van der Waals surface area contributed by atoms with Crippen LogP contribution < -0.4 is 0 Å². The fraction of sp³-hybridized carbons (Fsp3) is 0.750. The van der Waals surface area contributed by atoms with Gasteiger partial charge >= 0.3 is 6.16 Å². The molecule has 4 nitrogen and oxygen atoms in total. The topological polar surface area (TPSA) is 52.6 Å². The van der Waals surface area contributed by atoms with Crippen LogP contribution in [0.5, 0.6) is 0 Å². The van der Waals surface area contributed by atoms with E-state index < -0.39 is 16.8 Å². The summed E-state index contributed by atoms with van der Waals surface area (Å²) in [6, 6.07) is 0. The smallest absolute Gasteiger partial charge is 0.433 e. The van der Waals surface area contributed by atoms with Crippen molar-refractivity contribution in [1.29, 1.82) is 0 Å². The quantitative estimate of drug-likeness (QED) is 0.488. The fourth-order valence-corrected chi connectivity index (χ4v) is 0.742. The summed E-state index contributed by atoms with van der Waals surface area (Å²) in [7, 11) is 0. The maximum Gasteiger partial charge on any atom is 0.508 e. The lowest BCUT2D eigenvalue weighted by molar-refractivity contribution is -0.130. The van der Waals surface area contributed by atoms with E-state index in [1.54, 1.807) is 6.92 Å². The van der Waals surface area contributed by atoms with Crippen molar-refractivity contribution >= 4 is 23.0 Å². The zero-order valence-electron chi connectivity index (χ0n) is 7.93. The van der Waals surface area contributed by atoms with Gasteiger partial charge in [-0.3, -0.25) is 4.79 Å². The summed E-state index contributed by atoms with van der Waals surface area (Å²) in [6.45, 7) is 5.57. The van der Waals surface area contributed by atoms with E-state index in [2.05, 4.69) is 9.47 Å². The van der Waals surface area contributed by atoms with Gasteiger partial charge in [0, 0.05) is 0 Å². The average Bonchev–Trinajstić information content (AvgIpc) is 2.14. The van der Waals surface area contributed by atoms with Crippen molar-refractivity contribution in [2.75, 3.05) is 13.2 Å². The number of hydrogen-bond donors (Lipinski definition) is 0. The maximum atomic E-state index is 10.7. The lowest BCUT2D eigenvalue weighted by Crippen LogP contribution is -2.41. The van der Waals surface area contributed by atoms with Crippen LogP contribution >= 0.6 is 11.6 Å². The molecular weight excluding hydrogens is 196 g/mol. The monoisotopic (exact) mass is 208 g/mol. The molecule has 0 unspecified atom stereocenters. The maximum absolute atomic E-state index is 10.7. The Kier molecular flexibility index (Phi) is 4.77. The summed E-state index contributed by atoms with van der Waals surface area (Å²) < 4.78 is 8.98. The summed E-state index contributed by atoms with van der Waals surface area (Å²) in [4.78, 5) is 21.1. The number of ether oxygens (including phenoxy) is 2. The van der Waals surface area contributed by atoms with Gasteiger partial charge in [-0.05, 0) is 18.5 Å². The molecule has 0 aromatic carbocycles. The second kappa shape index (κ2) is 5.07. The summed E-state index contributed by atoms with van der Waals surface area (Å²) >= 11 is 5.24. The van der Waals surface area contributed by atoms with Gasteiger partial charge in [0.05, 0.1) is 0 Å². The summed E-state index contributed by atoms with van der Waals surface area (Å²) in [5.41, 5.74) is -0.879. The molecule has 0 spiro atoms. The minimum atomic E-state index is -0.879. The van der Waals surface area contributed by atoms with Gasteiger partial charge in [-0.25, -0.2) is 4.79 Å². The van der Waals surface area contributed by atoms with Crippen LogP contribution in [0.25, 0.3) is 0 Å². The first-order valence-electron chi connectivity index (χ1n) is 4.04. The summed E-state index contributed by atoms with van der Waals surface area (Å²) in [5, 5.41) is -0.551. The van der Waals surface area contributed by atoms with Gasteiger partial charge < -0.3 is 9.47 Å². The van der Waals surface area contributed by atoms with Crippen molar-refractivity contribution in [1.82, 2.24) is 0 Å². The Bertz CT molecular complexity index is 192. The van der Waals surface area contributed by atoms with Crippen LogP contribution in [-0.4, -0.2) is 24.6 Å². The van der Waals surface area contributed by atoms with Crippen LogP contribution in [0, 0.1) is 5.41 Å². The van der Waals surface area contributed by atoms with Gasteiger partial charge in [0.25, 0.3) is 0 Å². The van der Waals surface area contributed by atoms with Crippen molar-refractivity contribution in [2.45, 2.75) is 20.8 Å². The Morgan fingerprint density at radius 3 is 2.08 bits per heavy atom. The Hall–Kier alpha value is -0.770. The molecule has 1 rings (SSSR count). The number of carbonyl (C=O) groups is 2. The first kappa shape index (κ1) is 12.2. The molecule has 0 saturated carbocycles. The zero-order valence-corrected chi connectivity index (χ0v) is 8.68. The number of rotatable bonds is 1. The van der Waals surface area contributed by atoms with Gasteiger partial charge in [-0.1, -0.05) is 13.8 Å². The molecule has 1 saturated heterocycles. The average molecular weight is 209 g/mol. The SMILES string of the molecule is CC.CC1(C(=O)Cl)COC(=O)OC1. The van der Waals surface area contributed by atoms with E-state index in [9.17, 15) is 9.59 Å². The van der Waals surface area contributed by atoms with Crippen molar-refractivity contribution in [3.63, 3.8) is 0 Å². The highest BCUT2D eigenvalue weighted by atomic mass is 35.5. The van der Waals surface area contributed by atoms with Crippen LogP contribution in [0.15, 0.2) is 0 Å². The Morgan fingerprint density at radius 2 is 1.77 bits per heavy atom. The fourth-order valence-electron chi connectivity index (χ4n) is 0.633. The number of halogens is 1. The molecule has 0 bridgehead atoms. The zero-order chi connectivity index (χ0) is 10.5. The van der Waals surface area contributed by atoms with Crippen LogP contribution in [0.4, 0.5) is 4.79 Å². The molecule has 1 aliphatic heterocycles. The second-order valence-electron chi connectivity index (χ2n) is 2.66. The molecule has 0 N–H and O–H groups in total. The van der Waals surface area contributed by atoms with E-state index in [-0.39, 0.29) is 13.2 Å². The molecule has 1 heterocycles. The van der Waals surface area contributed by atoms with Crippen molar-refractivity contribution < 1.29 is 19.1 Å². The predicted octanol–water partition coefficient (Wildman–Crippen LogP) is 1.95. The molecule has 76 valence electrons. The van der Waals surface area contributed by atoms with Gasteiger partial charge in [0.2, 0.25) is 5.24 Å². The highest BCUT2D eigenvalue weighted by Gasteiger charge is 2.39. The minimum Gasteiger partial charge on any atom is -0.433 e. The lowest BCUT2D eigenvalue weighted by atomic mass is 9.94. The van der Waals surface area contributed by atoms with E-state index in [0.29, 0.717) is 0 Å². The lowest BCUT2D eigenvalue weighted by Gasteiger charge is -2.28. The Labute approximate surface area is 82.1 Å². The standard InChI is InChI=1S/C6H7ClO4.C2H6/c1-6(4(7)8)2-10-5(9)11-3-6;1-2/h2-3H2,1H3;1-2H3. The van der Waals surface area contributed by atoms with E-state index in [1.807, 2.05) is 13.8 Å².